The van der Waals surface area contributed by atoms with Crippen LogP contribution in [0.2, 0.25) is 0 Å². The molecular formula is C17H30N2O3. The highest BCUT2D eigenvalue weighted by atomic mass is 16.5. The third kappa shape index (κ3) is 5.13. The highest BCUT2D eigenvalue weighted by Crippen LogP contribution is 2.31. The quantitative estimate of drug-likeness (QED) is 0.820. The second-order valence-electron chi connectivity index (χ2n) is 6.97. The van der Waals surface area contributed by atoms with Gasteiger partial charge in [0.1, 0.15) is 0 Å². The predicted molar refractivity (Wildman–Crippen MR) is 84.9 cm³/mol. The third-order valence-corrected chi connectivity index (χ3v) is 5.05. The normalized spacial score (nSPS) is 26.9. The van der Waals surface area contributed by atoms with Crippen LogP contribution in [0.25, 0.3) is 0 Å². The minimum atomic E-state index is 0.106. The van der Waals surface area contributed by atoms with Crippen LogP contribution < -0.4 is 5.32 Å². The van der Waals surface area contributed by atoms with Crippen LogP contribution in [-0.2, 0) is 9.47 Å². The highest BCUT2D eigenvalue weighted by molar-refractivity contribution is 5.74. The summed E-state index contributed by atoms with van der Waals surface area (Å²) in [6.07, 6.45) is 9.89. The number of carbonyl (C=O) groups excluding carboxylic acids is 1. The van der Waals surface area contributed by atoms with Crippen LogP contribution in [0.4, 0.5) is 4.79 Å². The maximum Gasteiger partial charge on any atom is 0.317 e. The molecule has 0 aromatic heterocycles. The van der Waals surface area contributed by atoms with Crippen molar-refractivity contribution >= 4 is 6.03 Å². The number of nitrogens with zero attached hydrogens (tertiary/aromatic N) is 1. The first-order valence-corrected chi connectivity index (χ1v) is 9.07. The number of urea groups is 1. The van der Waals surface area contributed by atoms with E-state index in [0.29, 0.717) is 6.10 Å². The van der Waals surface area contributed by atoms with Gasteiger partial charge in [0.25, 0.3) is 0 Å². The predicted octanol–water partition coefficient (Wildman–Crippen LogP) is 2.55. The number of amides is 2. The standard InChI is InChI=1S/C17H30N2O3/c20-17(18-9-6-14-4-5-14)19-10-7-15(8-11-19)22-13-16-3-1-2-12-21-16/h14-16H,1-13H2,(H,18,20). The molecule has 3 rings (SSSR count). The Morgan fingerprint density at radius 3 is 2.64 bits per heavy atom. The largest absolute Gasteiger partial charge is 0.376 e. The number of ether oxygens (including phenoxy) is 2. The van der Waals surface area contributed by atoms with Gasteiger partial charge in [-0.25, -0.2) is 4.79 Å². The fourth-order valence-corrected chi connectivity index (χ4v) is 3.31. The molecule has 0 radical (unpaired) electrons. The van der Waals surface area contributed by atoms with Gasteiger partial charge in [0.2, 0.25) is 0 Å². The van der Waals surface area contributed by atoms with E-state index in [1.165, 1.54) is 25.7 Å². The second-order valence-corrected chi connectivity index (χ2v) is 6.97. The van der Waals surface area contributed by atoms with Crippen molar-refractivity contribution in [3.8, 4) is 0 Å². The average molecular weight is 310 g/mol. The number of piperidine rings is 1. The molecule has 2 amide bonds. The molecule has 1 unspecified atom stereocenters. The van der Waals surface area contributed by atoms with Gasteiger partial charge in [0.05, 0.1) is 18.8 Å². The zero-order valence-electron chi connectivity index (χ0n) is 13.6. The summed E-state index contributed by atoms with van der Waals surface area (Å²) < 4.78 is 11.7. The minimum absolute atomic E-state index is 0.106. The van der Waals surface area contributed by atoms with E-state index >= 15 is 0 Å². The number of hydrogen-bond donors (Lipinski definition) is 1. The minimum Gasteiger partial charge on any atom is -0.376 e. The summed E-state index contributed by atoms with van der Waals surface area (Å²) in [6, 6.07) is 0.106. The molecule has 3 fully saturated rings. The van der Waals surface area contributed by atoms with Gasteiger partial charge in [0.15, 0.2) is 0 Å². The summed E-state index contributed by atoms with van der Waals surface area (Å²) >= 11 is 0. The topological polar surface area (TPSA) is 50.8 Å². The Kier molecular flexibility index (Phi) is 5.96. The van der Waals surface area contributed by atoms with Gasteiger partial charge >= 0.3 is 6.03 Å². The summed E-state index contributed by atoms with van der Waals surface area (Å²) in [4.78, 5) is 14.0. The summed E-state index contributed by atoms with van der Waals surface area (Å²) in [5.74, 6) is 0.876. The molecule has 22 heavy (non-hydrogen) atoms. The van der Waals surface area contributed by atoms with Gasteiger partial charge in [-0.2, -0.15) is 0 Å². The zero-order chi connectivity index (χ0) is 15.2. The molecule has 3 aliphatic rings. The van der Waals surface area contributed by atoms with Crippen LogP contribution in [0, 0.1) is 5.92 Å². The molecule has 1 aliphatic carbocycles. The Balaban J connectivity index is 1.27. The lowest BCUT2D eigenvalue weighted by atomic mass is 10.1. The van der Waals surface area contributed by atoms with Crippen LogP contribution in [-0.4, -0.2) is 56.0 Å². The zero-order valence-corrected chi connectivity index (χ0v) is 13.6. The third-order valence-electron chi connectivity index (χ3n) is 5.05. The smallest absolute Gasteiger partial charge is 0.317 e. The van der Waals surface area contributed by atoms with E-state index in [0.717, 1.165) is 64.4 Å². The van der Waals surface area contributed by atoms with E-state index in [2.05, 4.69) is 5.32 Å². The lowest BCUT2D eigenvalue weighted by Gasteiger charge is -2.33. The molecule has 5 nitrogen and oxygen atoms in total. The first-order chi connectivity index (χ1) is 10.8. The molecule has 126 valence electrons. The maximum absolute atomic E-state index is 12.1. The van der Waals surface area contributed by atoms with Gasteiger partial charge in [-0.15, -0.1) is 0 Å². The van der Waals surface area contributed by atoms with Crippen molar-refractivity contribution in [2.75, 3.05) is 32.8 Å². The van der Waals surface area contributed by atoms with Crippen molar-refractivity contribution in [3.63, 3.8) is 0 Å². The Bertz CT molecular complexity index is 346. The van der Waals surface area contributed by atoms with Crippen LogP contribution in [0.5, 0.6) is 0 Å². The summed E-state index contributed by atoms with van der Waals surface area (Å²) in [5.41, 5.74) is 0. The van der Waals surface area contributed by atoms with Gasteiger partial charge in [-0.05, 0) is 44.4 Å². The first-order valence-electron chi connectivity index (χ1n) is 9.07. The molecular weight excluding hydrogens is 280 g/mol. The van der Waals surface area contributed by atoms with E-state index in [-0.39, 0.29) is 12.1 Å². The number of carbonyl (C=O) groups is 1. The Morgan fingerprint density at radius 2 is 1.95 bits per heavy atom. The molecule has 1 N–H and O–H groups in total. The van der Waals surface area contributed by atoms with Crippen LogP contribution in [0.1, 0.15) is 51.4 Å². The maximum atomic E-state index is 12.1. The van der Waals surface area contributed by atoms with E-state index in [1.807, 2.05) is 4.90 Å². The molecule has 0 aromatic carbocycles. The van der Waals surface area contributed by atoms with Gasteiger partial charge in [0, 0.05) is 26.2 Å². The second kappa shape index (κ2) is 8.16. The number of rotatable bonds is 6. The average Bonchev–Trinajstić information content (AvgIpc) is 3.38. The van der Waals surface area contributed by atoms with Gasteiger partial charge < -0.3 is 19.7 Å². The van der Waals surface area contributed by atoms with E-state index in [4.69, 9.17) is 9.47 Å². The van der Waals surface area contributed by atoms with E-state index in [1.54, 1.807) is 0 Å². The summed E-state index contributed by atoms with van der Waals surface area (Å²) in [6.45, 7) is 4.06. The van der Waals surface area contributed by atoms with Crippen LogP contribution in [0.3, 0.4) is 0 Å². The van der Waals surface area contributed by atoms with Crippen LogP contribution in [0.15, 0.2) is 0 Å². The van der Waals surface area contributed by atoms with Gasteiger partial charge in [-0.3, -0.25) is 0 Å². The molecule has 0 spiro atoms. The Labute approximate surface area is 133 Å². The van der Waals surface area contributed by atoms with Crippen molar-refractivity contribution < 1.29 is 14.3 Å². The lowest BCUT2D eigenvalue weighted by Crippen LogP contribution is -2.46. The molecule has 2 heterocycles. The van der Waals surface area contributed by atoms with E-state index < -0.39 is 0 Å². The number of nitrogens with one attached hydrogen (secondary N) is 1. The number of likely N-dealkylation sites (tertiary alicyclic amines) is 1. The monoisotopic (exact) mass is 310 g/mol. The molecule has 1 saturated carbocycles. The van der Waals surface area contributed by atoms with Crippen molar-refractivity contribution in [1.82, 2.24) is 10.2 Å². The fraction of sp³-hybridized carbons (Fsp3) is 0.941. The van der Waals surface area contributed by atoms with E-state index in [9.17, 15) is 4.79 Å². The van der Waals surface area contributed by atoms with Crippen molar-refractivity contribution in [3.05, 3.63) is 0 Å². The highest BCUT2D eigenvalue weighted by Gasteiger charge is 2.25. The molecule has 2 aliphatic heterocycles. The molecule has 2 saturated heterocycles. The molecule has 0 bridgehead atoms. The Hall–Kier alpha value is -0.810. The first kappa shape index (κ1) is 16.1. The fourth-order valence-electron chi connectivity index (χ4n) is 3.31. The van der Waals surface area contributed by atoms with Crippen LogP contribution >= 0.6 is 0 Å². The van der Waals surface area contributed by atoms with Crippen molar-refractivity contribution in [1.29, 1.82) is 0 Å². The van der Waals surface area contributed by atoms with Gasteiger partial charge in [-0.1, -0.05) is 12.8 Å². The number of hydrogen-bond acceptors (Lipinski definition) is 3. The molecule has 5 heteroatoms. The van der Waals surface area contributed by atoms with Crippen molar-refractivity contribution in [2.24, 2.45) is 5.92 Å². The Morgan fingerprint density at radius 1 is 1.14 bits per heavy atom. The summed E-state index contributed by atoms with van der Waals surface area (Å²) in [7, 11) is 0. The summed E-state index contributed by atoms with van der Waals surface area (Å²) in [5, 5.41) is 3.05. The molecule has 1 atom stereocenters. The molecule has 0 aromatic rings. The SMILES string of the molecule is O=C(NCCC1CC1)N1CCC(OCC2CCCCO2)CC1. The lowest BCUT2D eigenvalue weighted by molar-refractivity contribution is -0.0728. The van der Waals surface area contributed by atoms with Crippen molar-refractivity contribution in [2.45, 2.75) is 63.6 Å².